The van der Waals surface area contributed by atoms with Gasteiger partial charge < -0.3 is 19.9 Å². The van der Waals surface area contributed by atoms with E-state index in [0.717, 1.165) is 0 Å². The van der Waals surface area contributed by atoms with Crippen LogP contribution in [-0.4, -0.2) is 47.2 Å². The predicted octanol–water partition coefficient (Wildman–Crippen LogP) is -0.0466. The summed E-state index contributed by atoms with van der Waals surface area (Å²) in [5.74, 6) is -0.717. The van der Waals surface area contributed by atoms with Crippen molar-refractivity contribution in [2.45, 2.75) is 25.9 Å². The van der Waals surface area contributed by atoms with Crippen molar-refractivity contribution in [3.8, 4) is 0 Å². The Hall–Kier alpha value is -1.89. The Morgan fingerprint density at radius 2 is 2.32 bits per heavy atom. The summed E-state index contributed by atoms with van der Waals surface area (Å²) in [7, 11) is 0. The molecule has 0 unspecified atom stereocenters. The number of hydrogen-bond acceptors (Lipinski definition) is 5. The van der Waals surface area contributed by atoms with Crippen LogP contribution in [-0.2, 0) is 16.0 Å². The largest absolute Gasteiger partial charge is 0.367 e. The summed E-state index contributed by atoms with van der Waals surface area (Å²) < 4.78 is 10.4. The highest BCUT2D eigenvalue weighted by Crippen LogP contribution is 2.19. The number of aromatic nitrogens is 1. The highest BCUT2D eigenvalue weighted by molar-refractivity contribution is 5.92. The lowest BCUT2D eigenvalue weighted by Crippen LogP contribution is -2.58. The first kappa shape index (κ1) is 13.5. The molecule has 7 nitrogen and oxygen atoms in total. The van der Waals surface area contributed by atoms with Crippen LogP contribution in [0, 0.1) is 0 Å². The molecule has 19 heavy (non-hydrogen) atoms. The minimum absolute atomic E-state index is 0.114. The Morgan fingerprint density at radius 1 is 1.58 bits per heavy atom. The normalized spacial score (nSPS) is 23.4. The molecule has 2 N–H and O–H groups in total. The number of hydrogen-bond donors (Lipinski definition) is 1. The number of nitrogens with two attached hydrogens (primary N) is 1. The van der Waals surface area contributed by atoms with E-state index < -0.39 is 11.5 Å². The first-order valence-corrected chi connectivity index (χ1v) is 6.15. The number of carbonyl (C=O) groups is 2. The van der Waals surface area contributed by atoms with Gasteiger partial charge >= 0.3 is 0 Å². The molecule has 104 valence electrons. The number of aryl methyl sites for hydroxylation is 1. The van der Waals surface area contributed by atoms with Crippen LogP contribution in [0.4, 0.5) is 0 Å². The van der Waals surface area contributed by atoms with Gasteiger partial charge in [0.25, 0.3) is 11.8 Å². The number of nitrogens with zero attached hydrogens (tertiary/aromatic N) is 2. The summed E-state index contributed by atoms with van der Waals surface area (Å²) in [5, 5.41) is 3.78. The second-order valence-corrected chi connectivity index (χ2v) is 4.71. The average molecular weight is 267 g/mol. The highest BCUT2D eigenvalue weighted by atomic mass is 16.5. The molecule has 2 heterocycles. The molecule has 7 heteroatoms. The van der Waals surface area contributed by atoms with Gasteiger partial charge in [-0.15, -0.1) is 0 Å². The van der Waals surface area contributed by atoms with E-state index in [2.05, 4.69) is 5.16 Å². The topological polar surface area (TPSA) is 98.7 Å². The minimum Gasteiger partial charge on any atom is -0.367 e. The zero-order valence-corrected chi connectivity index (χ0v) is 11.0. The molecule has 2 amide bonds. The van der Waals surface area contributed by atoms with Crippen molar-refractivity contribution < 1.29 is 18.8 Å². The monoisotopic (exact) mass is 267 g/mol. The van der Waals surface area contributed by atoms with E-state index >= 15 is 0 Å². The molecular weight excluding hydrogens is 250 g/mol. The molecule has 0 aliphatic carbocycles. The molecule has 1 saturated heterocycles. The molecule has 0 bridgehead atoms. The molecule has 1 aliphatic heterocycles. The Morgan fingerprint density at radius 3 is 2.89 bits per heavy atom. The van der Waals surface area contributed by atoms with Crippen LogP contribution in [0.5, 0.6) is 0 Å². The maximum atomic E-state index is 12.2. The van der Waals surface area contributed by atoms with Crippen molar-refractivity contribution >= 4 is 11.8 Å². The predicted molar refractivity (Wildman–Crippen MR) is 65.3 cm³/mol. The van der Waals surface area contributed by atoms with E-state index in [0.29, 0.717) is 18.7 Å². The minimum atomic E-state index is -1.15. The van der Waals surface area contributed by atoms with E-state index in [-0.39, 0.29) is 24.8 Å². The van der Waals surface area contributed by atoms with Crippen LogP contribution in [0.2, 0.25) is 0 Å². The average Bonchev–Trinajstić information content (AvgIpc) is 2.86. The van der Waals surface area contributed by atoms with E-state index in [4.69, 9.17) is 15.0 Å². The van der Waals surface area contributed by atoms with E-state index in [1.54, 1.807) is 13.0 Å². The standard InChI is InChI=1S/C12H17N3O4/c1-3-8-6-9(19-14-8)10(16)15-4-5-18-12(2,7-15)11(13)17/h6H,3-5,7H2,1-2H3,(H2,13,17)/t12-/m0/s1. The Labute approximate surface area is 110 Å². The van der Waals surface area contributed by atoms with Gasteiger partial charge in [0.05, 0.1) is 18.8 Å². The third-order valence-corrected chi connectivity index (χ3v) is 3.21. The SMILES string of the molecule is CCc1cc(C(=O)N2CCO[C@](C)(C(N)=O)C2)on1. The second-order valence-electron chi connectivity index (χ2n) is 4.71. The summed E-state index contributed by atoms with van der Waals surface area (Å²) in [4.78, 5) is 25.1. The summed E-state index contributed by atoms with van der Waals surface area (Å²) in [6, 6.07) is 1.61. The van der Waals surface area contributed by atoms with Crippen molar-refractivity contribution in [3.05, 3.63) is 17.5 Å². The van der Waals surface area contributed by atoms with Crippen LogP contribution in [0.3, 0.4) is 0 Å². The van der Waals surface area contributed by atoms with E-state index in [1.807, 2.05) is 6.92 Å². The number of primary amides is 1. The lowest BCUT2D eigenvalue weighted by Gasteiger charge is -2.37. The van der Waals surface area contributed by atoms with Crippen LogP contribution in [0.15, 0.2) is 10.6 Å². The third-order valence-electron chi connectivity index (χ3n) is 3.21. The Balaban J connectivity index is 2.13. The maximum Gasteiger partial charge on any atom is 0.292 e. The number of morpholine rings is 1. The molecule has 0 radical (unpaired) electrons. The smallest absolute Gasteiger partial charge is 0.292 e. The molecule has 1 aromatic heterocycles. The quantitative estimate of drug-likeness (QED) is 0.828. The van der Waals surface area contributed by atoms with Gasteiger partial charge in [0.1, 0.15) is 0 Å². The molecule has 1 atom stereocenters. The van der Waals surface area contributed by atoms with Crippen molar-refractivity contribution in [1.82, 2.24) is 10.1 Å². The van der Waals surface area contributed by atoms with Gasteiger partial charge in [-0.2, -0.15) is 0 Å². The van der Waals surface area contributed by atoms with Crippen LogP contribution in [0.25, 0.3) is 0 Å². The summed E-state index contributed by atoms with van der Waals surface area (Å²) in [5.41, 5.74) is 4.86. The number of amides is 2. The van der Waals surface area contributed by atoms with Gasteiger partial charge in [-0.05, 0) is 13.3 Å². The fourth-order valence-electron chi connectivity index (χ4n) is 1.93. The first-order chi connectivity index (χ1) is 8.96. The number of ether oxygens (including phenoxy) is 1. The molecule has 0 aromatic carbocycles. The van der Waals surface area contributed by atoms with Crippen LogP contribution >= 0.6 is 0 Å². The number of carbonyl (C=O) groups excluding carboxylic acids is 2. The Bertz CT molecular complexity index is 499. The number of rotatable bonds is 3. The molecule has 2 rings (SSSR count). The van der Waals surface area contributed by atoms with Gasteiger partial charge in [-0.1, -0.05) is 12.1 Å². The molecule has 0 spiro atoms. The maximum absolute atomic E-state index is 12.2. The van der Waals surface area contributed by atoms with Crippen molar-refractivity contribution in [3.63, 3.8) is 0 Å². The van der Waals surface area contributed by atoms with Gasteiger partial charge in [-0.25, -0.2) is 0 Å². The lowest BCUT2D eigenvalue weighted by atomic mass is 10.0. The highest BCUT2D eigenvalue weighted by Gasteiger charge is 2.40. The summed E-state index contributed by atoms with van der Waals surface area (Å²) in [6.07, 6.45) is 0.693. The third kappa shape index (κ3) is 2.60. The van der Waals surface area contributed by atoms with Crippen molar-refractivity contribution in [1.29, 1.82) is 0 Å². The second kappa shape index (κ2) is 5.00. The van der Waals surface area contributed by atoms with Gasteiger partial charge in [-0.3, -0.25) is 9.59 Å². The van der Waals surface area contributed by atoms with Crippen LogP contribution < -0.4 is 5.73 Å². The fraction of sp³-hybridized carbons (Fsp3) is 0.583. The van der Waals surface area contributed by atoms with E-state index in [9.17, 15) is 9.59 Å². The van der Waals surface area contributed by atoms with Crippen molar-refractivity contribution in [2.75, 3.05) is 19.7 Å². The fourth-order valence-corrected chi connectivity index (χ4v) is 1.93. The zero-order chi connectivity index (χ0) is 14.0. The van der Waals surface area contributed by atoms with Gasteiger partial charge in [0.15, 0.2) is 5.60 Å². The van der Waals surface area contributed by atoms with E-state index in [1.165, 1.54) is 4.90 Å². The molecular formula is C12H17N3O4. The zero-order valence-electron chi connectivity index (χ0n) is 11.0. The van der Waals surface area contributed by atoms with Gasteiger partial charge in [0, 0.05) is 12.6 Å². The van der Waals surface area contributed by atoms with Crippen LogP contribution in [0.1, 0.15) is 30.1 Å². The summed E-state index contributed by atoms with van der Waals surface area (Å²) >= 11 is 0. The summed E-state index contributed by atoms with van der Waals surface area (Å²) in [6.45, 7) is 4.27. The molecule has 0 saturated carbocycles. The van der Waals surface area contributed by atoms with Gasteiger partial charge in [0.2, 0.25) is 5.76 Å². The lowest BCUT2D eigenvalue weighted by molar-refractivity contribution is -0.150. The molecule has 1 fully saturated rings. The van der Waals surface area contributed by atoms with Crippen molar-refractivity contribution in [2.24, 2.45) is 5.73 Å². The Kier molecular flexibility index (Phi) is 3.57. The first-order valence-electron chi connectivity index (χ1n) is 6.15. The molecule has 1 aromatic rings. The molecule has 1 aliphatic rings.